The Bertz CT molecular complexity index is 758. The van der Waals surface area contributed by atoms with Crippen LogP contribution in [0.1, 0.15) is 56.7 Å². The van der Waals surface area contributed by atoms with E-state index in [0.29, 0.717) is 17.6 Å². The molecule has 1 amide bonds. The summed E-state index contributed by atoms with van der Waals surface area (Å²) in [6, 6.07) is 7.88. The number of phenolic OH excluding ortho intramolecular Hbond substituents is 1. The summed E-state index contributed by atoms with van der Waals surface area (Å²) in [5.41, 5.74) is 3.46. The highest BCUT2D eigenvalue weighted by Crippen LogP contribution is 2.44. The summed E-state index contributed by atoms with van der Waals surface area (Å²) in [7, 11) is 0. The molecule has 1 heterocycles. The Morgan fingerprint density at radius 3 is 2.61 bits per heavy atom. The van der Waals surface area contributed by atoms with E-state index in [1.54, 1.807) is 12.1 Å². The minimum atomic E-state index is -0.151. The van der Waals surface area contributed by atoms with Crippen molar-refractivity contribution in [2.24, 2.45) is 0 Å². The Labute approximate surface area is 135 Å². The van der Waals surface area contributed by atoms with Crippen molar-refractivity contribution in [2.75, 3.05) is 5.32 Å². The van der Waals surface area contributed by atoms with Gasteiger partial charge in [0.2, 0.25) is 5.91 Å². The van der Waals surface area contributed by atoms with Gasteiger partial charge in [-0.3, -0.25) is 9.48 Å². The lowest BCUT2D eigenvalue weighted by Crippen LogP contribution is -2.14. The number of nitrogens with zero attached hydrogens (tertiary/aromatic N) is 2. The number of aromatic nitrogens is 2. The third-order valence-corrected chi connectivity index (χ3v) is 4.77. The summed E-state index contributed by atoms with van der Waals surface area (Å²) >= 11 is 0. The highest BCUT2D eigenvalue weighted by Gasteiger charge is 2.32. The van der Waals surface area contributed by atoms with Crippen LogP contribution >= 0.6 is 0 Å². The molecule has 1 aromatic carbocycles. The molecule has 2 aliphatic rings. The first-order chi connectivity index (χ1) is 11.1. The van der Waals surface area contributed by atoms with Crippen LogP contribution in [0.4, 0.5) is 5.69 Å². The maximum absolute atomic E-state index is 11.1. The monoisotopic (exact) mass is 311 g/mol. The second-order valence-corrected chi connectivity index (χ2v) is 6.67. The van der Waals surface area contributed by atoms with E-state index in [-0.39, 0.29) is 11.7 Å². The fraction of sp³-hybridized carbons (Fsp3) is 0.444. The molecule has 0 aliphatic heterocycles. The first-order valence-electron chi connectivity index (χ1n) is 8.32. The Kier molecular flexibility index (Phi) is 3.36. The third kappa shape index (κ3) is 2.71. The Hall–Kier alpha value is -2.30. The maximum atomic E-state index is 11.1. The van der Waals surface area contributed by atoms with Crippen LogP contribution in [0.5, 0.6) is 5.75 Å². The van der Waals surface area contributed by atoms with Gasteiger partial charge in [-0.2, -0.15) is 5.10 Å². The summed E-state index contributed by atoms with van der Waals surface area (Å²) in [6.45, 7) is 1.45. The van der Waals surface area contributed by atoms with E-state index in [9.17, 15) is 9.90 Å². The van der Waals surface area contributed by atoms with Gasteiger partial charge in [0.15, 0.2) is 0 Å². The van der Waals surface area contributed by atoms with Crippen molar-refractivity contribution in [3.05, 3.63) is 30.0 Å². The fourth-order valence-corrected chi connectivity index (χ4v) is 3.19. The number of carbonyl (C=O) groups is 1. The van der Waals surface area contributed by atoms with Crippen molar-refractivity contribution in [3.63, 3.8) is 0 Å². The van der Waals surface area contributed by atoms with Gasteiger partial charge in [-0.25, -0.2) is 0 Å². The molecule has 0 radical (unpaired) electrons. The van der Waals surface area contributed by atoms with Crippen LogP contribution in [0.3, 0.4) is 0 Å². The number of amides is 1. The van der Waals surface area contributed by atoms with E-state index < -0.39 is 0 Å². The number of rotatable bonds is 4. The number of carbonyl (C=O) groups excluding carboxylic acids is 1. The molecule has 2 aromatic rings. The third-order valence-electron chi connectivity index (χ3n) is 4.77. The van der Waals surface area contributed by atoms with Crippen molar-refractivity contribution in [1.82, 2.24) is 9.78 Å². The number of nitrogens with one attached hydrogen (secondary N) is 1. The molecule has 4 rings (SSSR count). The van der Waals surface area contributed by atoms with E-state index in [1.807, 2.05) is 6.07 Å². The number of hydrogen-bond acceptors (Lipinski definition) is 3. The van der Waals surface area contributed by atoms with Gasteiger partial charge in [-0.15, -0.1) is 0 Å². The van der Waals surface area contributed by atoms with Crippen LogP contribution in [-0.4, -0.2) is 20.8 Å². The second kappa shape index (κ2) is 5.41. The molecule has 0 atom stereocenters. The van der Waals surface area contributed by atoms with Crippen LogP contribution in [0.2, 0.25) is 0 Å². The summed E-state index contributed by atoms with van der Waals surface area (Å²) in [4.78, 5) is 11.1. The SMILES string of the molecule is CC(=O)Nc1ccc(-c2cc(C3CCC3)n(C3CC3)n2)c(O)c1. The van der Waals surface area contributed by atoms with Crippen LogP contribution in [-0.2, 0) is 4.79 Å². The van der Waals surface area contributed by atoms with Crippen LogP contribution in [0.25, 0.3) is 11.3 Å². The lowest BCUT2D eigenvalue weighted by atomic mass is 9.82. The van der Waals surface area contributed by atoms with Crippen LogP contribution in [0, 0.1) is 0 Å². The predicted molar refractivity (Wildman–Crippen MR) is 88.5 cm³/mol. The maximum Gasteiger partial charge on any atom is 0.221 e. The van der Waals surface area contributed by atoms with Gasteiger partial charge < -0.3 is 10.4 Å². The minimum absolute atomic E-state index is 0.150. The summed E-state index contributed by atoms with van der Waals surface area (Å²) in [6.07, 6.45) is 6.19. The molecule has 5 heteroatoms. The number of phenols is 1. The van der Waals surface area contributed by atoms with Crippen molar-refractivity contribution in [1.29, 1.82) is 0 Å². The average Bonchev–Trinajstić information content (AvgIpc) is 3.18. The van der Waals surface area contributed by atoms with Gasteiger partial charge in [0.05, 0.1) is 11.7 Å². The molecule has 2 N–H and O–H groups in total. The molecule has 0 saturated heterocycles. The normalized spacial score (nSPS) is 17.8. The zero-order valence-electron chi connectivity index (χ0n) is 13.2. The Morgan fingerprint density at radius 2 is 2.04 bits per heavy atom. The molecular formula is C18H21N3O2. The molecule has 2 fully saturated rings. The molecule has 1 aromatic heterocycles. The lowest BCUT2D eigenvalue weighted by Gasteiger charge is -2.26. The van der Waals surface area contributed by atoms with Crippen LogP contribution < -0.4 is 5.32 Å². The topological polar surface area (TPSA) is 67.2 Å². The zero-order chi connectivity index (χ0) is 16.0. The highest BCUT2D eigenvalue weighted by molar-refractivity contribution is 5.89. The smallest absolute Gasteiger partial charge is 0.221 e. The van der Waals surface area contributed by atoms with Crippen molar-refractivity contribution >= 4 is 11.6 Å². The van der Waals surface area contributed by atoms with Gasteiger partial charge >= 0.3 is 0 Å². The predicted octanol–water partition coefficient (Wildman–Crippen LogP) is 3.82. The number of hydrogen-bond donors (Lipinski definition) is 2. The molecule has 0 spiro atoms. The summed E-state index contributed by atoms with van der Waals surface area (Å²) < 4.78 is 2.18. The first-order valence-corrected chi connectivity index (χ1v) is 8.32. The van der Waals surface area contributed by atoms with E-state index in [1.165, 1.54) is 44.7 Å². The van der Waals surface area contributed by atoms with Gasteiger partial charge in [0.1, 0.15) is 5.75 Å². The highest BCUT2D eigenvalue weighted by atomic mass is 16.3. The van der Waals surface area contributed by atoms with Gasteiger partial charge in [-0.05, 0) is 43.9 Å². The van der Waals surface area contributed by atoms with Crippen molar-refractivity contribution in [3.8, 4) is 17.0 Å². The molecule has 0 unspecified atom stereocenters. The minimum Gasteiger partial charge on any atom is -0.507 e. The quantitative estimate of drug-likeness (QED) is 0.902. The van der Waals surface area contributed by atoms with E-state index in [2.05, 4.69) is 16.1 Å². The van der Waals surface area contributed by atoms with Crippen molar-refractivity contribution in [2.45, 2.75) is 51.0 Å². The van der Waals surface area contributed by atoms with Crippen molar-refractivity contribution < 1.29 is 9.90 Å². The molecule has 2 saturated carbocycles. The van der Waals surface area contributed by atoms with E-state index in [4.69, 9.17) is 5.10 Å². The number of benzene rings is 1. The fourth-order valence-electron chi connectivity index (χ4n) is 3.19. The van der Waals surface area contributed by atoms with E-state index in [0.717, 1.165) is 11.3 Å². The largest absolute Gasteiger partial charge is 0.507 e. The number of aromatic hydroxyl groups is 1. The Morgan fingerprint density at radius 1 is 1.26 bits per heavy atom. The summed E-state index contributed by atoms with van der Waals surface area (Å²) in [5.74, 6) is 0.622. The molecule has 5 nitrogen and oxygen atoms in total. The second-order valence-electron chi connectivity index (χ2n) is 6.67. The first kappa shape index (κ1) is 14.3. The Balaban J connectivity index is 1.68. The van der Waals surface area contributed by atoms with Gasteiger partial charge in [-0.1, -0.05) is 6.42 Å². The standard InChI is InChI=1S/C18H21N3O2/c1-11(22)19-13-5-8-15(18(23)9-13)16-10-17(12-3-2-4-12)21(20-16)14-6-7-14/h5,8-10,12,14,23H,2-4,6-7H2,1H3,(H,19,22). The molecule has 23 heavy (non-hydrogen) atoms. The molecule has 0 bridgehead atoms. The number of anilines is 1. The van der Waals surface area contributed by atoms with Crippen LogP contribution in [0.15, 0.2) is 24.3 Å². The van der Waals surface area contributed by atoms with Gasteiger partial charge in [0.25, 0.3) is 0 Å². The van der Waals surface area contributed by atoms with E-state index >= 15 is 0 Å². The molecular weight excluding hydrogens is 290 g/mol. The average molecular weight is 311 g/mol. The zero-order valence-corrected chi connectivity index (χ0v) is 13.2. The van der Waals surface area contributed by atoms with Gasteiger partial charge in [0, 0.05) is 35.9 Å². The summed E-state index contributed by atoms with van der Waals surface area (Å²) in [5, 5.41) is 17.8. The molecule has 2 aliphatic carbocycles. The lowest BCUT2D eigenvalue weighted by molar-refractivity contribution is -0.114. The molecule has 120 valence electrons.